The van der Waals surface area contributed by atoms with Crippen LogP contribution in [0.25, 0.3) is 0 Å². The molecule has 0 radical (unpaired) electrons. The Balaban J connectivity index is 0.00000144. The number of likely N-dealkylation sites (N-methyl/N-ethyl adjacent to an activating group) is 1. The Morgan fingerprint density at radius 1 is 1.65 bits per heavy atom. The molecule has 0 bridgehead atoms. The molecule has 0 spiro atoms. The van der Waals surface area contributed by atoms with Crippen LogP contribution in [0.3, 0.4) is 0 Å². The zero-order chi connectivity index (χ0) is 11.5. The van der Waals surface area contributed by atoms with Gasteiger partial charge in [0.25, 0.3) is 0 Å². The number of hydrogen-bond donors (Lipinski definition) is 1. The molecule has 1 unspecified atom stereocenters. The molecule has 2 rings (SSSR count). The first-order valence-corrected chi connectivity index (χ1v) is 7.52. The summed E-state index contributed by atoms with van der Waals surface area (Å²) in [7, 11) is 2.02. The molecule has 17 heavy (non-hydrogen) atoms. The van der Waals surface area contributed by atoms with Crippen molar-refractivity contribution in [3.8, 4) is 0 Å². The third-order valence-electron chi connectivity index (χ3n) is 2.99. The fourth-order valence-corrected chi connectivity index (χ4v) is 4.06. The lowest BCUT2D eigenvalue weighted by Gasteiger charge is -2.23. The van der Waals surface area contributed by atoms with E-state index in [9.17, 15) is 0 Å². The lowest BCUT2D eigenvalue weighted by atomic mass is 10.2. The molecule has 2 heterocycles. The van der Waals surface area contributed by atoms with Gasteiger partial charge in [-0.1, -0.05) is 11.6 Å². The van der Waals surface area contributed by atoms with E-state index in [4.69, 9.17) is 11.6 Å². The van der Waals surface area contributed by atoms with E-state index >= 15 is 0 Å². The molecule has 0 aromatic carbocycles. The maximum absolute atomic E-state index is 6.05. The van der Waals surface area contributed by atoms with Gasteiger partial charge in [-0.05, 0) is 48.4 Å². The fourth-order valence-electron chi connectivity index (χ4n) is 2.24. The molecule has 0 amide bonds. The highest BCUT2D eigenvalue weighted by Crippen LogP contribution is 2.33. The lowest BCUT2D eigenvalue weighted by molar-refractivity contribution is 0.244. The molecule has 1 aliphatic rings. The number of rotatable bonds is 4. The number of hydrogen-bond acceptors (Lipinski definition) is 3. The number of halogens is 3. The van der Waals surface area contributed by atoms with Crippen molar-refractivity contribution < 1.29 is 0 Å². The van der Waals surface area contributed by atoms with Gasteiger partial charge in [0, 0.05) is 28.5 Å². The number of nitrogens with one attached hydrogen (secondary N) is 1. The largest absolute Gasteiger partial charge is 0.318 e. The summed E-state index contributed by atoms with van der Waals surface area (Å²) in [6.07, 6.45) is 2.62. The SMILES string of the molecule is CNCC1CCCN1Cc1cc(Br)c(Cl)s1.Cl. The fraction of sp³-hybridized carbons (Fsp3) is 0.636. The molecule has 0 aliphatic carbocycles. The van der Waals surface area contributed by atoms with E-state index in [1.165, 1.54) is 24.3 Å². The third-order valence-corrected chi connectivity index (χ3v) is 5.45. The van der Waals surface area contributed by atoms with Gasteiger partial charge in [-0.25, -0.2) is 0 Å². The van der Waals surface area contributed by atoms with Gasteiger partial charge >= 0.3 is 0 Å². The molecule has 1 fully saturated rings. The summed E-state index contributed by atoms with van der Waals surface area (Å²) in [4.78, 5) is 3.89. The monoisotopic (exact) mass is 358 g/mol. The van der Waals surface area contributed by atoms with Crippen LogP contribution in [0, 0.1) is 0 Å². The Hall–Kier alpha value is 0.680. The van der Waals surface area contributed by atoms with Gasteiger partial charge in [0.1, 0.15) is 4.34 Å². The summed E-state index contributed by atoms with van der Waals surface area (Å²) in [5, 5.41) is 3.27. The van der Waals surface area contributed by atoms with Crippen LogP contribution in [0.5, 0.6) is 0 Å². The van der Waals surface area contributed by atoms with Gasteiger partial charge in [-0.3, -0.25) is 4.90 Å². The quantitative estimate of drug-likeness (QED) is 0.880. The van der Waals surface area contributed by atoms with E-state index in [2.05, 4.69) is 32.2 Å². The van der Waals surface area contributed by atoms with Crippen LogP contribution >= 0.6 is 51.3 Å². The summed E-state index contributed by atoms with van der Waals surface area (Å²) in [6, 6.07) is 2.83. The van der Waals surface area contributed by atoms with Gasteiger partial charge in [0.2, 0.25) is 0 Å². The highest BCUT2D eigenvalue weighted by molar-refractivity contribution is 9.10. The smallest absolute Gasteiger partial charge is 0.107 e. The molecule has 1 saturated heterocycles. The minimum atomic E-state index is 0. The molecule has 98 valence electrons. The first-order valence-electron chi connectivity index (χ1n) is 5.53. The topological polar surface area (TPSA) is 15.3 Å². The average molecular weight is 360 g/mol. The number of nitrogens with zero attached hydrogens (tertiary/aromatic N) is 1. The Kier molecular flexibility index (Phi) is 6.77. The number of thiophene rings is 1. The summed E-state index contributed by atoms with van der Waals surface area (Å²) in [5.74, 6) is 0. The van der Waals surface area contributed by atoms with Crippen molar-refractivity contribution in [2.75, 3.05) is 20.1 Å². The van der Waals surface area contributed by atoms with Crippen LogP contribution in [-0.4, -0.2) is 31.1 Å². The molecule has 0 saturated carbocycles. The van der Waals surface area contributed by atoms with Crippen LogP contribution in [-0.2, 0) is 6.54 Å². The molecule has 2 nitrogen and oxygen atoms in total. The Labute approximate surface area is 126 Å². The molecule has 1 aromatic heterocycles. The van der Waals surface area contributed by atoms with Crippen molar-refractivity contribution in [1.29, 1.82) is 0 Å². The van der Waals surface area contributed by atoms with Crippen LogP contribution in [0.15, 0.2) is 10.5 Å². The molecule has 1 aromatic rings. The summed E-state index contributed by atoms with van der Waals surface area (Å²) in [6.45, 7) is 3.32. The van der Waals surface area contributed by atoms with E-state index in [0.717, 1.165) is 21.9 Å². The van der Waals surface area contributed by atoms with E-state index in [1.807, 2.05) is 7.05 Å². The molecule has 1 atom stereocenters. The lowest BCUT2D eigenvalue weighted by Crippen LogP contribution is -2.36. The molecular weight excluding hydrogens is 343 g/mol. The summed E-state index contributed by atoms with van der Waals surface area (Å²) < 4.78 is 1.89. The molecule has 1 aliphatic heterocycles. The Bertz CT molecular complexity index is 340. The Morgan fingerprint density at radius 3 is 3.00 bits per heavy atom. The van der Waals surface area contributed by atoms with Gasteiger partial charge in [-0.15, -0.1) is 23.7 Å². The predicted octanol–water partition coefficient (Wildman–Crippen LogP) is 3.77. The van der Waals surface area contributed by atoms with Crippen molar-refractivity contribution in [3.63, 3.8) is 0 Å². The third kappa shape index (κ3) is 4.08. The molecule has 1 N–H and O–H groups in total. The van der Waals surface area contributed by atoms with Crippen LogP contribution < -0.4 is 5.32 Å². The van der Waals surface area contributed by atoms with E-state index in [0.29, 0.717) is 6.04 Å². The summed E-state index contributed by atoms with van der Waals surface area (Å²) in [5.41, 5.74) is 0. The van der Waals surface area contributed by atoms with E-state index in [-0.39, 0.29) is 12.4 Å². The maximum Gasteiger partial charge on any atom is 0.107 e. The van der Waals surface area contributed by atoms with Gasteiger partial charge in [0.15, 0.2) is 0 Å². The second-order valence-corrected chi connectivity index (χ2v) is 6.75. The van der Waals surface area contributed by atoms with Crippen molar-refractivity contribution in [2.45, 2.75) is 25.4 Å². The van der Waals surface area contributed by atoms with Gasteiger partial charge < -0.3 is 5.32 Å². The van der Waals surface area contributed by atoms with Gasteiger partial charge in [0.05, 0.1) is 0 Å². The predicted molar refractivity (Wildman–Crippen MR) is 81.6 cm³/mol. The van der Waals surface area contributed by atoms with Crippen molar-refractivity contribution in [1.82, 2.24) is 10.2 Å². The standard InChI is InChI=1S/C11H16BrClN2S.ClH/c1-14-6-8-3-2-4-15(8)7-9-5-10(12)11(13)16-9;/h5,8,14H,2-4,6-7H2,1H3;1H. The van der Waals surface area contributed by atoms with Crippen molar-refractivity contribution in [3.05, 3.63) is 19.8 Å². The van der Waals surface area contributed by atoms with Gasteiger partial charge in [-0.2, -0.15) is 0 Å². The first-order chi connectivity index (χ1) is 7.70. The Morgan fingerprint density at radius 2 is 2.41 bits per heavy atom. The normalized spacial score (nSPS) is 20.5. The molecular formula is C11H17BrCl2N2S. The maximum atomic E-state index is 6.05. The minimum Gasteiger partial charge on any atom is -0.318 e. The zero-order valence-electron chi connectivity index (χ0n) is 9.71. The highest BCUT2D eigenvalue weighted by atomic mass is 79.9. The van der Waals surface area contributed by atoms with Crippen LogP contribution in [0.4, 0.5) is 0 Å². The highest BCUT2D eigenvalue weighted by Gasteiger charge is 2.24. The van der Waals surface area contributed by atoms with E-state index < -0.39 is 0 Å². The second-order valence-electron chi connectivity index (χ2n) is 4.16. The van der Waals surface area contributed by atoms with Crippen LogP contribution in [0.2, 0.25) is 4.34 Å². The van der Waals surface area contributed by atoms with E-state index in [1.54, 1.807) is 11.3 Å². The van der Waals surface area contributed by atoms with Crippen molar-refractivity contribution in [2.24, 2.45) is 0 Å². The first kappa shape index (κ1) is 15.7. The average Bonchev–Trinajstić information content (AvgIpc) is 2.77. The second kappa shape index (κ2) is 7.31. The van der Waals surface area contributed by atoms with Crippen LogP contribution in [0.1, 0.15) is 17.7 Å². The number of likely N-dealkylation sites (tertiary alicyclic amines) is 1. The molecule has 6 heteroatoms. The zero-order valence-corrected chi connectivity index (χ0v) is 13.7. The van der Waals surface area contributed by atoms with Crippen molar-refractivity contribution >= 4 is 51.3 Å². The summed E-state index contributed by atoms with van der Waals surface area (Å²) >= 11 is 11.2. The minimum absolute atomic E-state index is 0.